The first-order valence-electron chi connectivity index (χ1n) is 9.41. The Labute approximate surface area is 175 Å². The van der Waals surface area contributed by atoms with Gasteiger partial charge in [0.1, 0.15) is 0 Å². The lowest BCUT2D eigenvalue weighted by Crippen LogP contribution is -2.20. The molecular formula is C22H26N4O2S. The van der Waals surface area contributed by atoms with Crippen molar-refractivity contribution in [2.75, 3.05) is 11.5 Å². The van der Waals surface area contributed by atoms with E-state index in [9.17, 15) is 9.59 Å². The van der Waals surface area contributed by atoms with E-state index in [0.29, 0.717) is 24.3 Å². The van der Waals surface area contributed by atoms with Gasteiger partial charge >= 0.3 is 0 Å². The fraction of sp³-hybridized carbons (Fsp3) is 0.273. The first-order valence-corrected chi connectivity index (χ1v) is 10.6. The highest BCUT2D eigenvalue weighted by Crippen LogP contribution is 2.05. The van der Waals surface area contributed by atoms with E-state index < -0.39 is 0 Å². The predicted molar refractivity (Wildman–Crippen MR) is 120 cm³/mol. The van der Waals surface area contributed by atoms with Crippen LogP contribution in [0.25, 0.3) is 0 Å². The van der Waals surface area contributed by atoms with Gasteiger partial charge in [-0.15, -0.1) is 0 Å². The van der Waals surface area contributed by atoms with Gasteiger partial charge in [-0.25, -0.2) is 10.9 Å². The number of hydrogen-bond acceptors (Lipinski definition) is 5. The number of benzene rings is 2. The van der Waals surface area contributed by atoms with Crippen molar-refractivity contribution >= 4 is 35.0 Å². The Balaban J connectivity index is 1.59. The van der Waals surface area contributed by atoms with Crippen LogP contribution in [0.1, 0.15) is 37.8 Å². The van der Waals surface area contributed by atoms with E-state index in [0.717, 1.165) is 22.6 Å². The quantitative estimate of drug-likeness (QED) is 0.357. The summed E-state index contributed by atoms with van der Waals surface area (Å²) in [6, 6.07) is 19.3. The van der Waals surface area contributed by atoms with Crippen molar-refractivity contribution in [2.24, 2.45) is 10.2 Å². The van der Waals surface area contributed by atoms with Gasteiger partial charge in [0.05, 0.1) is 11.4 Å². The van der Waals surface area contributed by atoms with E-state index in [-0.39, 0.29) is 11.8 Å². The summed E-state index contributed by atoms with van der Waals surface area (Å²) in [5, 5.41) is 8.23. The van der Waals surface area contributed by atoms with Crippen molar-refractivity contribution in [3.8, 4) is 0 Å². The zero-order valence-electron chi connectivity index (χ0n) is 16.7. The summed E-state index contributed by atoms with van der Waals surface area (Å²) in [6.07, 6.45) is 0.701. The van der Waals surface area contributed by atoms with Gasteiger partial charge in [0.15, 0.2) is 0 Å². The van der Waals surface area contributed by atoms with E-state index in [4.69, 9.17) is 0 Å². The molecule has 7 heteroatoms. The molecule has 0 aromatic heterocycles. The number of nitrogens with one attached hydrogen (secondary N) is 2. The van der Waals surface area contributed by atoms with Gasteiger partial charge in [0.2, 0.25) is 11.8 Å². The molecule has 0 aliphatic carbocycles. The summed E-state index contributed by atoms with van der Waals surface area (Å²) in [5.74, 6) is 0.983. The van der Waals surface area contributed by atoms with Crippen LogP contribution in [0.15, 0.2) is 70.9 Å². The van der Waals surface area contributed by atoms with Crippen molar-refractivity contribution in [3.63, 3.8) is 0 Å². The topological polar surface area (TPSA) is 82.9 Å². The highest BCUT2D eigenvalue weighted by Gasteiger charge is 2.04. The summed E-state index contributed by atoms with van der Waals surface area (Å²) >= 11 is 1.55. The molecule has 6 nitrogen and oxygen atoms in total. The molecule has 0 fully saturated rings. The second-order valence-corrected chi connectivity index (χ2v) is 7.53. The van der Waals surface area contributed by atoms with Gasteiger partial charge in [-0.2, -0.15) is 22.0 Å². The lowest BCUT2D eigenvalue weighted by atomic mass is 10.1. The molecule has 2 N–H and O–H groups in total. The Morgan fingerprint density at radius 2 is 1.10 bits per heavy atom. The van der Waals surface area contributed by atoms with Crippen LogP contribution >= 0.6 is 11.8 Å². The number of thioether (sulfide) groups is 1. The Bertz CT molecular complexity index is 780. The van der Waals surface area contributed by atoms with Crippen LogP contribution in [0.2, 0.25) is 0 Å². The summed E-state index contributed by atoms with van der Waals surface area (Å²) in [4.78, 5) is 23.7. The predicted octanol–water partition coefficient (Wildman–Crippen LogP) is 3.58. The van der Waals surface area contributed by atoms with Gasteiger partial charge in [-0.3, -0.25) is 9.59 Å². The second-order valence-electron chi connectivity index (χ2n) is 6.31. The number of amides is 2. The van der Waals surface area contributed by atoms with Gasteiger partial charge in [0, 0.05) is 24.3 Å². The number of carbonyl (C=O) groups is 2. The Morgan fingerprint density at radius 1 is 0.724 bits per heavy atom. The van der Waals surface area contributed by atoms with Crippen LogP contribution in [-0.4, -0.2) is 34.7 Å². The highest BCUT2D eigenvalue weighted by molar-refractivity contribution is 7.99. The summed E-state index contributed by atoms with van der Waals surface area (Å²) in [7, 11) is 0. The monoisotopic (exact) mass is 410 g/mol. The number of nitrogens with zero attached hydrogens (tertiary/aromatic N) is 2. The SMILES string of the molecule is C/C(=N\NC(=O)CCSCCC(=O)N/N=C(\C)c1ccccc1)c1ccccc1. The van der Waals surface area contributed by atoms with E-state index in [1.807, 2.05) is 74.5 Å². The molecule has 2 aromatic carbocycles. The maximum absolute atomic E-state index is 11.9. The number of carbonyl (C=O) groups excluding carboxylic acids is 2. The number of rotatable bonds is 10. The zero-order chi connectivity index (χ0) is 20.9. The fourth-order valence-electron chi connectivity index (χ4n) is 2.32. The molecule has 0 aliphatic heterocycles. The second kappa shape index (κ2) is 12.5. The third-order valence-corrected chi connectivity index (χ3v) is 5.01. The van der Waals surface area contributed by atoms with E-state index in [1.54, 1.807) is 11.8 Å². The Morgan fingerprint density at radius 3 is 1.48 bits per heavy atom. The third-order valence-electron chi connectivity index (χ3n) is 4.03. The molecule has 0 spiro atoms. The lowest BCUT2D eigenvalue weighted by molar-refractivity contribution is -0.121. The minimum absolute atomic E-state index is 0.139. The third kappa shape index (κ3) is 8.74. The standard InChI is InChI=1S/C22H26N4O2S/c1-17(19-9-5-3-6-10-19)23-25-21(27)13-15-29-16-14-22(28)26-24-18(2)20-11-7-4-8-12-20/h3-12H,13-16H2,1-2H3,(H,25,27)(H,26,28)/b23-17+,24-18+. The average Bonchev–Trinajstić information content (AvgIpc) is 2.76. The van der Waals surface area contributed by atoms with Crippen LogP contribution in [0, 0.1) is 0 Å². The molecule has 0 bridgehead atoms. The van der Waals surface area contributed by atoms with Crippen LogP contribution in [0.3, 0.4) is 0 Å². The molecule has 0 radical (unpaired) electrons. The molecule has 0 atom stereocenters. The van der Waals surface area contributed by atoms with E-state index in [2.05, 4.69) is 21.1 Å². The van der Waals surface area contributed by atoms with Crippen molar-refractivity contribution in [1.29, 1.82) is 0 Å². The molecule has 29 heavy (non-hydrogen) atoms. The van der Waals surface area contributed by atoms with Gasteiger partial charge in [0.25, 0.3) is 0 Å². The molecule has 0 aliphatic rings. The molecule has 0 heterocycles. The van der Waals surface area contributed by atoms with Crippen molar-refractivity contribution in [1.82, 2.24) is 10.9 Å². The van der Waals surface area contributed by atoms with E-state index in [1.165, 1.54) is 0 Å². The van der Waals surface area contributed by atoms with Crippen LogP contribution < -0.4 is 10.9 Å². The van der Waals surface area contributed by atoms with Crippen LogP contribution in [0.5, 0.6) is 0 Å². The minimum Gasteiger partial charge on any atom is -0.273 e. The molecule has 2 aromatic rings. The zero-order valence-corrected chi connectivity index (χ0v) is 17.5. The first kappa shape index (κ1) is 22.4. The smallest absolute Gasteiger partial charge is 0.240 e. The first-order chi connectivity index (χ1) is 14.1. The molecule has 2 rings (SSSR count). The molecule has 2 amide bonds. The molecule has 0 saturated carbocycles. The van der Waals surface area contributed by atoms with E-state index >= 15 is 0 Å². The maximum Gasteiger partial charge on any atom is 0.240 e. The summed E-state index contributed by atoms with van der Waals surface area (Å²) in [6.45, 7) is 3.70. The molecule has 0 unspecified atom stereocenters. The molecule has 0 saturated heterocycles. The van der Waals surface area contributed by atoms with Gasteiger partial charge < -0.3 is 0 Å². The average molecular weight is 411 g/mol. The summed E-state index contributed by atoms with van der Waals surface area (Å²) in [5.41, 5.74) is 8.59. The van der Waals surface area contributed by atoms with Gasteiger partial charge in [-0.1, -0.05) is 60.7 Å². The van der Waals surface area contributed by atoms with Gasteiger partial charge in [-0.05, 0) is 25.0 Å². The highest BCUT2D eigenvalue weighted by atomic mass is 32.2. The minimum atomic E-state index is -0.139. The molecular weight excluding hydrogens is 384 g/mol. The van der Waals surface area contributed by atoms with Crippen molar-refractivity contribution in [3.05, 3.63) is 71.8 Å². The Hall–Kier alpha value is -2.93. The normalized spacial score (nSPS) is 11.8. The van der Waals surface area contributed by atoms with Crippen LogP contribution in [-0.2, 0) is 9.59 Å². The Kier molecular flexibility index (Phi) is 9.65. The molecule has 152 valence electrons. The summed E-state index contributed by atoms with van der Waals surface area (Å²) < 4.78 is 0. The lowest BCUT2D eigenvalue weighted by Gasteiger charge is -2.04. The largest absolute Gasteiger partial charge is 0.273 e. The number of hydrazone groups is 2. The van der Waals surface area contributed by atoms with Crippen molar-refractivity contribution in [2.45, 2.75) is 26.7 Å². The maximum atomic E-state index is 11.9. The van der Waals surface area contributed by atoms with Crippen LogP contribution in [0.4, 0.5) is 0 Å². The van der Waals surface area contributed by atoms with Crippen molar-refractivity contribution < 1.29 is 9.59 Å². The fourth-order valence-corrected chi connectivity index (χ4v) is 3.19. The number of hydrogen-bond donors (Lipinski definition) is 2.